The van der Waals surface area contributed by atoms with Crippen molar-refractivity contribution in [3.63, 3.8) is 0 Å². The quantitative estimate of drug-likeness (QED) is 0.813. The molecule has 7 heteroatoms. The lowest BCUT2D eigenvalue weighted by atomic mass is 10.4. The summed E-state index contributed by atoms with van der Waals surface area (Å²) in [5, 5.41) is 12.2. The van der Waals surface area contributed by atoms with E-state index in [-0.39, 0.29) is 10.9 Å². The van der Waals surface area contributed by atoms with E-state index >= 15 is 0 Å². The first-order chi connectivity index (χ1) is 6.99. The fourth-order valence-electron chi connectivity index (χ4n) is 1.04. The molecule has 1 heterocycles. The number of aromatic carboxylic acids is 1. The number of carboxylic acid groups (broad SMARTS) is 1. The Morgan fingerprint density at radius 3 is 2.93 bits per heavy atom. The minimum atomic E-state index is -0.979. The molecule has 2 unspecified atom stereocenters. The molecule has 2 atom stereocenters. The number of nitrogens with one attached hydrogen (secondary N) is 1. The van der Waals surface area contributed by atoms with Crippen LogP contribution < -0.4 is 5.32 Å². The van der Waals surface area contributed by atoms with Crippen molar-refractivity contribution >= 4 is 33.2 Å². The molecule has 84 valence electrons. The summed E-state index contributed by atoms with van der Waals surface area (Å²) in [5.41, 5.74) is 0. The second-order valence-corrected chi connectivity index (χ2v) is 5.63. The van der Waals surface area contributed by atoms with E-state index in [0.717, 1.165) is 11.3 Å². The molecule has 0 aliphatic rings. The topological polar surface area (TPSA) is 79.3 Å². The lowest BCUT2D eigenvalue weighted by molar-refractivity contribution is 0.0702. The van der Waals surface area contributed by atoms with E-state index in [9.17, 15) is 9.00 Å². The third-order valence-corrected chi connectivity index (χ3v) is 3.46. The van der Waals surface area contributed by atoms with E-state index in [1.54, 1.807) is 6.26 Å². The number of aromatic nitrogens is 1. The maximum atomic E-state index is 10.9. The van der Waals surface area contributed by atoms with Gasteiger partial charge in [0, 0.05) is 28.9 Å². The van der Waals surface area contributed by atoms with Crippen molar-refractivity contribution in [3.8, 4) is 0 Å². The van der Waals surface area contributed by atoms with Gasteiger partial charge in [0.1, 0.15) is 4.88 Å². The third-order valence-electron chi connectivity index (χ3n) is 1.57. The summed E-state index contributed by atoms with van der Waals surface area (Å²) >= 11 is 1.08. The van der Waals surface area contributed by atoms with Gasteiger partial charge in [0.25, 0.3) is 0 Å². The molecular formula is C8H12N2O3S2. The molecule has 1 rings (SSSR count). The summed E-state index contributed by atoms with van der Waals surface area (Å²) in [7, 11) is -0.873. The maximum Gasteiger partial charge on any atom is 0.347 e. The molecule has 0 saturated heterocycles. The lowest BCUT2D eigenvalue weighted by Crippen LogP contribution is -2.21. The van der Waals surface area contributed by atoms with Gasteiger partial charge in [-0.2, -0.15) is 0 Å². The van der Waals surface area contributed by atoms with Gasteiger partial charge in [-0.3, -0.25) is 4.21 Å². The average molecular weight is 248 g/mol. The monoisotopic (exact) mass is 248 g/mol. The Morgan fingerprint density at radius 2 is 2.47 bits per heavy atom. The van der Waals surface area contributed by atoms with Crippen LogP contribution in [0, 0.1) is 0 Å². The second kappa shape index (κ2) is 5.22. The van der Waals surface area contributed by atoms with Crippen LogP contribution in [-0.2, 0) is 10.8 Å². The van der Waals surface area contributed by atoms with Crippen molar-refractivity contribution in [1.29, 1.82) is 0 Å². The molecule has 0 aliphatic carbocycles. The Balaban J connectivity index is 2.57. The molecule has 0 aliphatic heterocycles. The van der Waals surface area contributed by atoms with Crippen LogP contribution in [0.25, 0.3) is 0 Å². The number of nitrogens with zero attached hydrogens (tertiary/aromatic N) is 1. The van der Waals surface area contributed by atoms with Crippen LogP contribution in [0.15, 0.2) is 6.20 Å². The molecule has 0 fully saturated rings. The zero-order valence-electron chi connectivity index (χ0n) is 8.39. The normalized spacial score (nSPS) is 14.5. The summed E-state index contributed by atoms with van der Waals surface area (Å²) in [6, 6.07) is 0.0172. The number of rotatable bonds is 5. The molecule has 0 amide bonds. The Kier molecular flexibility index (Phi) is 4.22. The van der Waals surface area contributed by atoms with Gasteiger partial charge in [-0.1, -0.05) is 11.3 Å². The van der Waals surface area contributed by atoms with E-state index in [2.05, 4.69) is 10.3 Å². The van der Waals surface area contributed by atoms with Crippen LogP contribution in [0.2, 0.25) is 0 Å². The molecule has 15 heavy (non-hydrogen) atoms. The maximum absolute atomic E-state index is 10.9. The van der Waals surface area contributed by atoms with Crippen LogP contribution in [0.1, 0.15) is 16.6 Å². The van der Waals surface area contributed by atoms with Crippen LogP contribution in [0.4, 0.5) is 5.13 Å². The summed E-state index contributed by atoms with van der Waals surface area (Å²) in [5.74, 6) is -0.464. The molecule has 2 N–H and O–H groups in total. The van der Waals surface area contributed by atoms with Gasteiger partial charge in [0.15, 0.2) is 5.13 Å². The first kappa shape index (κ1) is 12.1. The van der Waals surface area contributed by atoms with E-state index in [1.807, 2.05) is 6.92 Å². The largest absolute Gasteiger partial charge is 0.477 e. The Bertz CT molecular complexity index is 378. The molecule has 0 aromatic carbocycles. The van der Waals surface area contributed by atoms with Gasteiger partial charge in [-0.15, -0.1) is 0 Å². The first-order valence-corrected chi connectivity index (χ1v) is 6.79. The predicted octanol–water partition coefficient (Wildman–Crippen LogP) is 1.02. The predicted molar refractivity (Wildman–Crippen MR) is 61.1 cm³/mol. The van der Waals surface area contributed by atoms with Gasteiger partial charge in [0.05, 0.1) is 6.20 Å². The minimum Gasteiger partial charge on any atom is -0.477 e. The van der Waals surface area contributed by atoms with Crippen LogP contribution in [0.5, 0.6) is 0 Å². The van der Waals surface area contributed by atoms with E-state index in [4.69, 9.17) is 5.11 Å². The fraction of sp³-hybridized carbons (Fsp3) is 0.500. The third kappa shape index (κ3) is 3.96. The van der Waals surface area contributed by atoms with Crippen molar-refractivity contribution < 1.29 is 14.1 Å². The van der Waals surface area contributed by atoms with Crippen molar-refractivity contribution in [3.05, 3.63) is 11.1 Å². The van der Waals surface area contributed by atoms with Gasteiger partial charge in [-0.05, 0) is 6.92 Å². The lowest BCUT2D eigenvalue weighted by Gasteiger charge is -2.10. The fourth-order valence-corrected chi connectivity index (χ4v) is 2.60. The Labute approximate surface area is 94.0 Å². The number of thiazole rings is 1. The summed E-state index contributed by atoms with van der Waals surface area (Å²) < 4.78 is 10.9. The minimum absolute atomic E-state index is 0.0172. The molecule has 0 saturated carbocycles. The average Bonchev–Trinajstić information content (AvgIpc) is 2.50. The summed E-state index contributed by atoms with van der Waals surface area (Å²) in [4.78, 5) is 14.7. The first-order valence-electron chi connectivity index (χ1n) is 4.24. The molecule has 5 nitrogen and oxygen atoms in total. The molecule has 0 bridgehead atoms. The zero-order valence-corrected chi connectivity index (χ0v) is 10.0. The van der Waals surface area contributed by atoms with Crippen molar-refractivity contribution in [2.75, 3.05) is 17.3 Å². The SMILES string of the molecule is CC(CS(C)=O)Nc1ncc(C(=O)O)s1. The highest BCUT2D eigenvalue weighted by atomic mass is 32.2. The van der Waals surface area contributed by atoms with E-state index in [1.165, 1.54) is 6.20 Å². The van der Waals surface area contributed by atoms with Crippen molar-refractivity contribution in [2.24, 2.45) is 0 Å². The van der Waals surface area contributed by atoms with E-state index in [0.29, 0.717) is 10.9 Å². The van der Waals surface area contributed by atoms with Crippen LogP contribution in [-0.4, -0.2) is 38.3 Å². The van der Waals surface area contributed by atoms with Gasteiger partial charge < -0.3 is 10.4 Å². The standard InChI is InChI=1S/C8H12N2O3S2/c1-5(4-15(2)13)10-8-9-3-6(14-8)7(11)12/h3,5H,4H2,1-2H3,(H,9,10)(H,11,12). The van der Waals surface area contributed by atoms with Crippen LogP contribution >= 0.6 is 11.3 Å². The summed E-state index contributed by atoms with van der Waals surface area (Å²) in [6.07, 6.45) is 2.94. The van der Waals surface area contributed by atoms with Gasteiger partial charge >= 0.3 is 5.97 Å². The van der Waals surface area contributed by atoms with Crippen molar-refractivity contribution in [2.45, 2.75) is 13.0 Å². The molecule has 0 spiro atoms. The molecule has 0 radical (unpaired) electrons. The van der Waals surface area contributed by atoms with E-state index < -0.39 is 16.8 Å². The number of carbonyl (C=O) groups is 1. The zero-order chi connectivity index (χ0) is 11.4. The van der Waals surface area contributed by atoms with Gasteiger partial charge in [0.2, 0.25) is 0 Å². The van der Waals surface area contributed by atoms with Crippen LogP contribution in [0.3, 0.4) is 0 Å². The molecular weight excluding hydrogens is 236 g/mol. The highest BCUT2D eigenvalue weighted by Crippen LogP contribution is 2.18. The Hall–Kier alpha value is -0.950. The highest BCUT2D eigenvalue weighted by molar-refractivity contribution is 7.84. The smallest absolute Gasteiger partial charge is 0.347 e. The highest BCUT2D eigenvalue weighted by Gasteiger charge is 2.10. The molecule has 1 aromatic rings. The Morgan fingerprint density at radius 1 is 1.80 bits per heavy atom. The molecule has 1 aromatic heterocycles. The van der Waals surface area contributed by atoms with Gasteiger partial charge in [-0.25, -0.2) is 9.78 Å². The number of anilines is 1. The number of hydrogen-bond donors (Lipinski definition) is 2. The van der Waals surface area contributed by atoms with Crippen molar-refractivity contribution in [1.82, 2.24) is 4.98 Å². The number of carboxylic acids is 1. The summed E-state index contributed by atoms with van der Waals surface area (Å²) in [6.45, 7) is 1.88. The number of hydrogen-bond acceptors (Lipinski definition) is 5. The second-order valence-electron chi connectivity index (χ2n) is 3.12.